The van der Waals surface area contributed by atoms with Crippen molar-refractivity contribution < 1.29 is 38.0 Å². The number of aromatic nitrogens is 2. The van der Waals surface area contributed by atoms with Crippen LogP contribution in [-0.4, -0.2) is 8.07 Å². The maximum Gasteiger partial charge on any atom is 0.134 e. The summed E-state index contributed by atoms with van der Waals surface area (Å²) < 4.78 is 24.1. The number of furan rings is 1. The maximum atomic E-state index is 13.9. The topological polar surface area (TPSA) is 20.9 Å². The van der Waals surface area contributed by atoms with Gasteiger partial charge in [-0.3, -0.25) is 0 Å². The Morgan fingerprint density at radius 2 is 1.30 bits per heavy atom. The van der Waals surface area contributed by atoms with E-state index in [0.29, 0.717) is 0 Å². The smallest absolute Gasteiger partial charge is 0.134 e. The summed E-state index contributed by atoms with van der Waals surface area (Å²) >= 11 is 0. The SMILES string of the molecule is [CH2-]c1cc2oc3cc(-c4cccc(Cc5ccccc5)c4)ccc3c2cc1-c1cc(CC(C)(C)C)c(C)c[n+]1[CH2-].[CH2-]c1ccc(F)cc1-c1cc(CC2CCCCC2)c([Si](C)(C)C)c[n+]1[CH2-].[Ir]. The van der Waals surface area contributed by atoms with Gasteiger partial charge in [-0.15, -0.1) is 23.3 Å². The third-order valence-electron chi connectivity index (χ3n) is 13.3. The molecule has 1 aliphatic carbocycles. The minimum absolute atomic E-state index is 0. The monoisotopic (exact) mass is 1080 g/mol. The quantitative estimate of drug-likeness (QED) is 0.0802. The first kappa shape index (κ1) is 49.4. The normalized spacial score (nSPS) is 13.3. The molecule has 349 valence electrons. The zero-order valence-electron chi connectivity index (χ0n) is 40.7. The van der Waals surface area contributed by atoms with Crippen LogP contribution < -0.4 is 14.3 Å². The molecule has 0 N–H and O–H groups in total. The second-order valence-corrected chi connectivity index (χ2v) is 26.1. The van der Waals surface area contributed by atoms with Crippen LogP contribution in [0.3, 0.4) is 0 Å². The van der Waals surface area contributed by atoms with Gasteiger partial charge >= 0.3 is 0 Å². The largest absolute Gasteiger partial charge is 0.469 e. The third-order valence-corrected chi connectivity index (χ3v) is 15.4. The molecule has 1 fully saturated rings. The van der Waals surface area contributed by atoms with Crippen molar-refractivity contribution in [3.05, 3.63) is 200 Å². The molecule has 3 nitrogen and oxygen atoms in total. The summed E-state index contributed by atoms with van der Waals surface area (Å²) in [6.45, 7) is 24.7. The van der Waals surface area contributed by atoms with Gasteiger partial charge in [-0.05, 0) is 82.7 Å². The van der Waals surface area contributed by atoms with Gasteiger partial charge in [-0.2, -0.15) is 31.0 Å². The number of rotatable bonds is 9. The van der Waals surface area contributed by atoms with E-state index in [1.54, 1.807) is 12.1 Å². The molecule has 1 aliphatic rings. The van der Waals surface area contributed by atoms with E-state index >= 15 is 0 Å². The van der Waals surface area contributed by atoms with Crippen molar-refractivity contribution >= 4 is 35.2 Å². The Bertz CT molecular complexity index is 3020. The van der Waals surface area contributed by atoms with Crippen molar-refractivity contribution in [2.45, 2.75) is 98.7 Å². The molecular weight excluding hydrogens is 1020 g/mol. The van der Waals surface area contributed by atoms with Crippen LogP contribution in [0, 0.1) is 52.0 Å². The first-order valence-electron chi connectivity index (χ1n) is 23.7. The first-order valence-corrected chi connectivity index (χ1v) is 27.2. The molecule has 1 saturated carbocycles. The van der Waals surface area contributed by atoms with Crippen LogP contribution in [0.4, 0.5) is 4.39 Å². The molecule has 0 amide bonds. The van der Waals surface area contributed by atoms with Gasteiger partial charge in [0.1, 0.15) is 5.58 Å². The van der Waals surface area contributed by atoms with E-state index in [9.17, 15) is 4.39 Å². The minimum atomic E-state index is -1.49. The van der Waals surface area contributed by atoms with E-state index < -0.39 is 8.07 Å². The Balaban J connectivity index is 0.000000214. The Hall–Kier alpha value is -5.52. The number of aryl methyl sites for hydroxylation is 1. The molecule has 0 bridgehead atoms. The van der Waals surface area contributed by atoms with Gasteiger partial charge in [0.15, 0.2) is 0 Å². The standard InChI is InChI=1S/C38H36NO.C23H31FNSi.Ir/c1-25-17-36-34(22-33(25)35-20-31(23-38(3,4)5)26(2)24-39(35)6)32-16-15-30(21-37(32)40-36)29-14-10-13-28(19-29)18-27-11-8-7-9-12-27;1-17-11-12-20(24)15-21(17)22-14-19(13-18-9-7-6-8-10-18)23(16-25(22)2)26(3,4)5;/h7-17,19-22,24H,1,6,18,23H2,2-5H3;11-12,14-16,18H,1-2,6-10,13H2,3-5H3;/q2*-1;. The molecule has 1 radical (unpaired) electrons. The van der Waals surface area contributed by atoms with Crippen LogP contribution in [0.1, 0.15) is 91.8 Å². The van der Waals surface area contributed by atoms with Gasteiger partial charge in [-0.1, -0.05) is 169 Å². The van der Waals surface area contributed by atoms with E-state index in [4.69, 9.17) is 4.42 Å². The van der Waals surface area contributed by atoms with Gasteiger partial charge in [-0.25, -0.2) is 4.39 Å². The van der Waals surface area contributed by atoms with Crippen molar-refractivity contribution in [3.8, 4) is 33.6 Å². The van der Waals surface area contributed by atoms with E-state index in [0.717, 1.165) is 86.3 Å². The van der Waals surface area contributed by atoms with Gasteiger partial charge in [0.2, 0.25) is 0 Å². The van der Waals surface area contributed by atoms with Crippen LogP contribution in [0.5, 0.6) is 0 Å². The maximum absolute atomic E-state index is 13.9. The Kier molecular flexibility index (Phi) is 15.0. The molecule has 0 aliphatic heterocycles. The fraction of sp³-hybridized carbons (Fsp3) is 0.279. The number of benzene rings is 5. The van der Waals surface area contributed by atoms with Crippen LogP contribution >= 0.6 is 0 Å². The molecule has 3 heterocycles. The number of nitrogens with zero attached hydrogens (tertiary/aromatic N) is 2. The fourth-order valence-electron chi connectivity index (χ4n) is 9.92. The molecule has 9 rings (SSSR count). The molecule has 5 aromatic carbocycles. The van der Waals surface area contributed by atoms with E-state index in [2.05, 4.69) is 185 Å². The second kappa shape index (κ2) is 20.4. The summed E-state index contributed by atoms with van der Waals surface area (Å²) in [5.74, 6) is 0.551. The number of hydrogen-bond donors (Lipinski definition) is 0. The molecule has 6 heteroatoms. The first-order chi connectivity index (χ1) is 31.4. The molecule has 0 spiro atoms. The fourth-order valence-corrected chi connectivity index (χ4v) is 11.6. The van der Waals surface area contributed by atoms with Gasteiger partial charge in [0, 0.05) is 45.0 Å². The molecule has 8 aromatic rings. The summed E-state index contributed by atoms with van der Waals surface area (Å²) in [6.07, 6.45) is 14.1. The Morgan fingerprint density at radius 1 is 0.657 bits per heavy atom. The average molecular weight is 1080 g/mol. The van der Waals surface area contributed by atoms with E-state index in [-0.39, 0.29) is 31.3 Å². The van der Waals surface area contributed by atoms with Crippen molar-refractivity contribution in [1.82, 2.24) is 0 Å². The number of fused-ring (bicyclic) bond motifs is 3. The predicted molar refractivity (Wildman–Crippen MR) is 278 cm³/mol. The van der Waals surface area contributed by atoms with Crippen LogP contribution in [0.15, 0.2) is 132 Å². The molecular formula is C61H67FIrN2OSi-2. The number of hydrogen-bond acceptors (Lipinski definition) is 1. The average Bonchev–Trinajstić information content (AvgIpc) is 3.62. The number of pyridine rings is 2. The zero-order valence-corrected chi connectivity index (χ0v) is 44.1. The van der Waals surface area contributed by atoms with Gasteiger partial charge < -0.3 is 13.6 Å². The summed E-state index contributed by atoms with van der Waals surface area (Å²) in [5.41, 5.74) is 16.7. The number of halogens is 1. The summed E-state index contributed by atoms with van der Waals surface area (Å²) in [7, 11) is 7.04. The van der Waals surface area contributed by atoms with Crippen LogP contribution in [-0.2, 0) is 39.4 Å². The van der Waals surface area contributed by atoms with Crippen molar-refractivity contribution in [2.24, 2.45) is 11.3 Å². The summed E-state index contributed by atoms with van der Waals surface area (Å²) in [6, 6.07) is 39.6. The van der Waals surface area contributed by atoms with Gasteiger partial charge in [0.05, 0.1) is 43.3 Å². The van der Waals surface area contributed by atoms with Crippen LogP contribution in [0.25, 0.3) is 55.6 Å². The summed E-state index contributed by atoms with van der Waals surface area (Å²) in [4.78, 5) is 0. The molecule has 0 atom stereocenters. The third kappa shape index (κ3) is 11.6. The Labute approximate surface area is 414 Å². The zero-order chi connectivity index (χ0) is 46.9. The summed E-state index contributed by atoms with van der Waals surface area (Å²) in [5, 5.41) is 3.68. The second-order valence-electron chi connectivity index (χ2n) is 21.1. The van der Waals surface area contributed by atoms with E-state index in [1.165, 1.54) is 76.7 Å². The van der Waals surface area contributed by atoms with Crippen molar-refractivity contribution in [3.63, 3.8) is 0 Å². The minimum Gasteiger partial charge on any atom is -0.469 e. The van der Waals surface area contributed by atoms with Gasteiger partial charge in [0.25, 0.3) is 0 Å². The predicted octanol–water partition coefficient (Wildman–Crippen LogP) is 14.8. The Morgan fingerprint density at radius 3 is 2.00 bits per heavy atom. The molecule has 0 unspecified atom stereocenters. The molecule has 0 saturated heterocycles. The van der Waals surface area contributed by atoms with Crippen molar-refractivity contribution in [2.75, 3.05) is 0 Å². The van der Waals surface area contributed by atoms with Crippen molar-refractivity contribution in [1.29, 1.82) is 0 Å². The van der Waals surface area contributed by atoms with Crippen LogP contribution in [0.2, 0.25) is 19.6 Å². The molecule has 67 heavy (non-hydrogen) atoms. The molecule has 3 aromatic heterocycles. The van der Waals surface area contributed by atoms with E-state index in [1.807, 2.05) is 9.13 Å².